The van der Waals surface area contributed by atoms with E-state index < -0.39 is 16.1 Å². The van der Waals surface area contributed by atoms with Gasteiger partial charge in [0.2, 0.25) is 10.0 Å². The van der Waals surface area contributed by atoms with Gasteiger partial charge in [-0.1, -0.05) is 108 Å². The van der Waals surface area contributed by atoms with E-state index in [1.807, 2.05) is 67.6 Å². The second-order valence-electron chi connectivity index (χ2n) is 9.02. The lowest BCUT2D eigenvalue weighted by molar-refractivity contribution is 0.521. The fraction of sp³-hybridized carbons (Fsp3) is 0.200. The molecule has 34 heavy (non-hydrogen) atoms. The van der Waals surface area contributed by atoms with Crippen molar-refractivity contribution in [1.29, 1.82) is 0 Å². The molecule has 0 bridgehead atoms. The predicted octanol–water partition coefficient (Wildman–Crippen LogP) is 6.85. The minimum Gasteiger partial charge on any atom is -0.207 e. The molecule has 0 aromatic heterocycles. The van der Waals surface area contributed by atoms with E-state index in [1.165, 1.54) is 22.3 Å². The predicted molar refractivity (Wildman–Crippen MR) is 140 cm³/mol. The van der Waals surface area contributed by atoms with Crippen LogP contribution >= 0.6 is 0 Å². The first-order valence-electron chi connectivity index (χ1n) is 11.6. The van der Waals surface area contributed by atoms with Crippen LogP contribution in [0.4, 0.5) is 0 Å². The molecule has 4 rings (SSSR count). The van der Waals surface area contributed by atoms with E-state index >= 15 is 0 Å². The van der Waals surface area contributed by atoms with E-state index in [2.05, 4.69) is 48.9 Å². The molecule has 174 valence electrons. The Morgan fingerprint density at radius 1 is 0.618 bits per heavy atom. The van der Waals surface area contributed by atoms with Crippen LogP contribution in [-0.2, 0) is 10.0 Å². The Morgan fingerprint density at radius 2 is 1.15 bits per heavy atom. The molecule has 2 atom stereocenters. The highest BCUT2D eigenvalue weighted by atomic mass is 32.2. The van der Waals surface area contributed by atoms with Crippen molar-refractivity contribution in [2.24, 2.45) is 0 Å². The molecule has 4 heteroatoms. The summed E-state index contributed by atoms with van der Waals surface area (Å²) in [4.78, 5) is 0.279. The van der Waals surface area contributed by atoms with Crippen molar-refractivity contribution in [1.82, 2.24) is 4.72 Å². The van der Waals surface area contributed by atoms with Crippen LogP contribution in [0.3, 0.4) is 0 Å². The Balaban J connectivity index is 1.76. The molecule has 0 spiro atoms. The Morgan fingerprint density at radius 3 is 1.71 bits per heavy atom. The molecule has 0 aliphatic carbocycles. The summed E-state index contributed by atoms with van der Waals surface area (Å²) in [5.74, 6) is 0.0331. The Hall–Kier alpha value is -3.21. The fourth-order valence-electron chi connectivity index (χ4n) is 4.51. The third-order valence-electron chi connectivity index (χ3n) is 6.15. The molecule has 0 saturated heterocycles. The fourth-order valence-corrected chi connectivity index (χ4v) is 5.74. The second kappa shape index (κ2) is 10.4. The summed E-state index contributed by atoms with van der Waals surface area (Å²) in [5.41, 5.74) is 6.74. The van der Waals surface area contributed by atoms with Crippen molar-refractivity contribution in [3.63, 3.8) is 0 Å². The maximum atomic E-state index is 13.4. The summed E-state index contributed by atoms with van der Waals surface area (Å²) in [5, 5.41) is 0. The van der Waals surface area contributed by atoms with Crippen molar-refractivity contribution in [3.8, 4) is 0 Å². The van der Waals surface area contributed by atoms with Gasteiger partial charge in [-0.15, -0.1) is 0 Å². The SMILES string of the molecule is Cc1ccc(S(=O)(=O)N[C@H](CC(c2ccccc2)c2cc(C)cc(C)c2)c2ccccc2)cc1. The van der Waals surface area contributed by atoms with Gasteiger partial charge in [-0.3, -0.25) is 0 Å². The number of nitrogens with one attached hydrogen (secondary N) is 1. The highest BCUT2D eigenvalue weighted by molar-refractivity contribution is 7.89. The van der Waals surface area contributed by atoms with Gasteiger partial charge in [-0.25, -0.2) is 13.1 Å². The number of rotatable bonds is 8. The molecule has 0 saturated carbocycles. The van der Waals surface area contributed by atoms with Crippen molar-refractivity contribution < 1.29 is 8.42 Å². The number of benzene rings is 4. The average molecular weight is 470 g/mol. The second-order valence-corrected chi connectivity index (χ2v) is 10.7. The molecule has 1 N–H and O–H groups in total. The van der Waals surface area contributed by atoms with Gasteiger partial charge in [0.05, 0.1) is 4.90 Å². The lowest BCUT2D eigenvalue weighted by Crippen LogP contribution is -2.30. The number of sulfonamides is 1. The monoisotopic (exact) mass is 469 g/mol. The van der Waals surface area contributed by atoms with E-state index in [-0.39, 0.29) is 10.8 Å². The standard InChI is InChI=1S/C30H31NO2S/c1-22-14-16-28(17-15-22)34(32,33)31-30(26-12-8-5-9-13-26)21-29(25-10-6-4-7-11-25)27-19-23(2)18-24(3)20-27/h4-20,29-31H,21H2,1-3H3/t29?,30-/m1/s1. The minimum atomic E-state index is -3.70. The van der Waals surface area contributed by atoms with Crippen molar-refractivity contribution in [2.75, 3.05) is 0 Å². The number of hydrogen-bond donors (Lipinski definition) is 1. The van der Waals surface area contributed by atoms with Gasteiger partial charge in [0.15, 0.2) is 0 Å². The van der Waals surface area contributed by atoms with E-state index in [9.17, 15) is 8.42 Å². The first-order chi connectivity index (χ1) is 16.3. The van der Waals surface area contributed by atoms with E-state index in [0.717, 1.165) is 11.1 Å². The van der Waals surface area contributed by atoms with Gasteiger partial charge in [0.1, 0.15) is 0 Å². The highest BCUT2D eigenvalue weighted by Crippen LogP contribution is 2.35. The van der Waals surface area contributed by atoms with Crippen LogP contribution in [-0.4, -0.2) is 8.42 Å². The summed E-state index contributed by atoms with van der Waals surface area (Å²) in [7, 11) is -3.70. The molecule has 0 aliphatic rings. The van der Waals surface area contributed by atoms with Crippen molar-refractivity contribution in [3.05, 3.63) is 137 Å². The van der Waals surface area contributed by atoms with Gasteiger partial charge in [-0.05, 0) is 56.0 Å². The first-order valence-corrected chi connectivity index (χ1v) is 13.1. The molecular formula is C30H31NO2S. The normalized spacial score (nSPS) is 13.4. The van der Waals surface area contributed by atoms with Crippen LogP contribution in [0.15, 0.2) is 108 Å². The van der Waals surface area contributed by atoms with Crippen LogP contribution in [0.5, 0.6) is 0 Å². The minimum absolute atomic E-state index is 0.0331. The van der Waals surface area contributed by atoms with Gasteiger partial charge < -0.3 is 0 Å². The van der Waals surface area contributed by atoms with Crippen LogP contribution in [0.2, 0.25) is 0 Å². The Bertz CT molecular complexity index is 1310. The van der Waals surface area contributed by atoms with Crippen LogP contribution < -0.4 is 4.72 Å². The van der Waals surface area contributed by atoms with Gasteiger partial charge >= 0.3 is 0 Å². The lowest BCUT2D eigenvalue weighted by atomic mass is 9.83. The van der Waals surface area contributed by atoms with Crippen molar-refractivity contribution >= 4 is 10.0 Å². The van der Waals surface area contributed by atoms with Crippen LogP contribution in [0.25, 0.3) is 0 Å². The molecule has 1 unspecified atom stereocenters. The number of hydrogen-bond acceptors (Lipinski definition) is 2. The summed E-state index contributed by atoms with van der Waals surface area (Å²) >= 11 is 0. The summed E-state index contributed by atoms with van der Waals surface area (Å²) < 4.78 is 29.8. The van der Waals surface area contributed by atoms with Crippen LogP contribution in [0, 0.1) is 20.8 Å². The van der Waals surface area contributed by atoms with E-state index in [1.54, 1.807) is 12.1 Å². The zero-order chi connectivity index (χ0) is 24.1. The maximum absolute atomic E-state index is 13.4. The molecule has 3 nitrogen and oxygen atoms in total. The Labute approximate surface area is 203 Å². The summed E-state index contributed by atoms with van der Waals surface area (Å²) in [6, 6.07) is 33.4. The molecule has 0 amide bonds. The Kier molecular flexibility index (Phi) is 7.30. The van der Waals surface area contributed by atoms with E-state index in [4.69, 9.17) is 0 Å². The quantitative estimate of drug-likeness (QED) is 0.307. The van der Waals surface area contributed by atoms with E-state index in [0.29, 0.717) is 6.42 Å². The molecule has 0 heterocycles. The number of aryl methyl sites for hydroxylation is 3. The molecule has 4 aromatic carbocycles. The topological polar surface area (TPSA) is 46.2 Å². The summed E-state index contributed by atoms with van der Waals surface area (Å²) in [6.45, 7) is 6.16. The third kappa shape index (κ3) is 5.82. The summed E-state index contributed by atoms with van der Waals surface area (Å²) in [6.07, 6.45) is 0.599. The molecule has 0 fully saturated rings. The lowest BCUT2D eigenvalue weighted by Gasteiger charge is -2.26. The zero-order valence-electron chi connectivity index (χ0n) is 19.9. The van der Waals surface area contributed by atoms with Gasteiger partial charge in [0, 0.05) is 12.0 Å². The smallest absolute Gasteiger partial charge is 0.207 e. The average Bonchev–Trinajstić information content (AvgIpc) is 2.82. The molecule has 0 radical (unpaired) electrons. The highest BCUT2D eigenvalue weighted by Gasteiger charge is 2.26. The first kappa shape index (κ1) is 23.9. The van der Waals surface area contributed by atoms with Crippen molar-refractivity contribution in [2.45, 2.75) is 44.0 Å². The maximum Gasteiger partial charge on any atom is 0.241 e. The van der Waals surface area contributed by atoms with Crippen LogP contribution in [0.1, 0.15) is 51.8 Å². The van der Waals surface area contributed by atoms with Gasteiger partial charge in [0.25, 0.3) is 0 Å². The zero-order valence-corrected chi connectivity index (χ0v) is 20.7. The molecule has 4 aromatic rings. The largest absolute Gasteiger partial charge is 0.241 e. The van der Waals surface area contributed by atoms with Gasteiger partial charge in [-0.2, -0.15) is 0 Å². The molecular weight excluding hydrogens is 438 g/mol. The molecule has 0 aliphatic heterocycles. The third-order valence-corrected chi connectivity index (χ3v) is 7.64.